The second-order valence-electron chi connectivity index (χ2n) is 31.5. The number of anilines is 12. The molecule has 0 aliphatic carbocycles. The minimum atomic E-state index is -0.127. The van der Waals surface area contributed by atoms with Gasteiger partial charge in [0.1, 0.15) is 11.5 Å². The first-order valence-electron chi connectivity index (χ1n) is 33.6. The molecule has 0 atom stereocenters. The maximum atomic E-state index is 7.24. The highest BCUT2D eigenvalue weighted by Crippen LogP contribution is 2.51. The number of benzene rings is 11. The van der Waals surface area contributed by atoms with E-state index < -0.39 is 0 Å². The Labute approximate surface area is 563 Å². The lowest BCUT2D eigenvalue weighted by Gasteiger charge is -2.45. The summed E-state index contributed by atoms with van der Waals surface area (Å²) >= 11 is 1.88. The van der Waals surface area contributed by atoms with E-state index in [1.807, 2.05) is 11.8 Å². The van der Waals surface area contributed by atoms with Crippen molar-refractivity contribution in [3.05, 3.63) is 264 Å². The maximum Gasteiger partial charge on any atom is 0.253 e. The molecule has 0 saturated heterocycles. The van der Waals surface area contributed by atoms with Crippen LogP contribution >= 0.6 is 11.8 Å². The van der Waals surface area contributed by atoms with Crippen LogP contribution in [0.5, 0.6) is 11.5 Å². The standard InChI is InChI=1S/C86H84B2N4OS/c1-82(2,3)55-29-39-61(40-30-55)89(62-41-31-56(32-42-62)83(4,5)6)66-49-74-80-75(50-66)92(65-47-37-59(38-48-65)86(13,14)15)73-54-78-71(53-70(73)87(80)68-25-19-21-27-72(68)91(74)60-23-17-16-18-24-60)88-69-26-20-22-28-76(69)93-77-51-67(52-79(94-78)81(77)88)90(63-43-33-57(34-44-63)84(7,8)9)64-45-35-58(36-46-64)85(10,11)12/h16-54H,1-15H3. The lowest BCUT2D eigenvalue weighted by Crippen LogP contribution is -2.64. The van der Waals surface area contributed by atoms with Gasteiger partial charge in [0.2, 0.25) is 0 Å². The number of nitrogens with zero attached hydrogens (tertiary/aromatic N) is 4. The van der Waals surface area contributed by atoms with E-state index in [0.717, 1.165) is 68.4 Å². The average Bonchev–Trinajstić information content (AvgIpc) is 0.691. The number of rotatable bonds is 8. The third-order valence-electron chi connectivity index (χ3n) is 19.9. The van der Waals surface area contributed by atoms with Gasteiger partial charge in [-0.05, 0) is 191 Å². The molecular weight excluding hydrogens is 1160 g/mol. The molecule has 0 aromatic heterocycles. The van der Waals surface area contributed by atoms with Gasteiger partial charge in [-0.25, -0.2) is 0 Å². The Balaban J connectivity index is 0.991. The smallest absolute Gasteiger partial charge is 0.253 e. The summed E-state index contributed by atoms with van der Waals surface area (Å²) in [5, 5.41) is 0. The first kappa shape index (κ1) is 61.1. The molecule has 94 heavy (non-hydrogen) atoms. The molecule has 4 aliphatic heterocycles. The Hall–Kier alpha value is -9.10. The number of para-hydroxylation sites is 3. The highest BCUT2D eigenvalue weighted by Gasteiger charge is 2.47. The normalized spacial score (nSPS) is 13.9. The van der Waals surface area contributed by atoms with E-state index in [1.165, 1.54) is 81.8 Å². The Morgan fingerprint density at radius 1 is 0.287 bits per heavy atom. The summed E-state index contributed by atoms with van der Waals surface area (Å²) < 4.78 is 7.24. The number of hydrogen-bond donors (Lipinski definition) is 0. The van der Waals surface area contributed by atoms with E-state index in [1.54, 1.807) is 0 Å². The van der Waals surface area contributed by atoms with E-state index in [-0.39, 0.29) is 40.5 Å². The molecule has 0 saturated carbocycles. The molecule has 11 aromatic carbocycles. The molecular formula is C86H84B2N4OS. The highest BCUT2D eigenvalue weighted by atomic mass is 32.2. The zero-order chi connectivity index (χ0) is 65.5. The van der Waals surface area contributed by atoms with Gasteiger partial charge >= 0.3 is 0 Å². The van der Waals surface area contributed by atoms with Gasteiger partial charge in [0, 0.05) is 72.7 Å². The van der Waals surface area contributed by atoms with Crippen LogP contribution in [0.2, 0.25) is 0 Å². The van der Waals surface area contributed by atoms with E-state index >= 15 is 0 Å². The van der Waals surface area contributed by atoms with Crippen molar-refractivity contribution in [1.29, 1.82) is 0 Å². The van der Waals surface area contributed by atoms with Crippen molar-refractivity contribution >= 4 is 126 Å². The van der Waals surface area contributed by atoms with Crippen molar-refractivity contribution in [3.63, 3.8) is 0 Å². The Morgan fingerprint density at radius 2 is 0.681 bits per heavy atom. The minimum Gasteiger partial charge on any atom is -0.458 e. The molecule has 0 fully saturated rings. The first-order valence-corrected chi connectivity index (χ1v) is 34.4. The SMILES string of the molecule is CC(C)(C)c1ccc(N(c2ccc(C(C)(C)C)cc2)c2cc3c4c(c2)Sc2cc5c(cc2B4c2ccccc2O3)B2c3ccccc3N(c3ccccc3)c3cc(N(c4ccc(C(C)(C)C)cc4)c4ccc(C(C)(C)C)cc4)cc(c32)N5c2ccc(C(C)(C)C)cc2)cc1. The molecule has 0 N–H and O–H groups in total. The summed E-state index contributed by atoms with van der Waals surface area (Å²) in [7, 11) is 0. The van der Waals surface area contributed by atoms with Crippen molar-refractivity contribution in [1.82, 2.24) is 0 Å². The van der Waals surface area contributed by atoms with Gasteiger partial charge in [-0.15, -0.1) is 0 Å². The first-order chi connectivity index (χ1) is 44.8. The van der Waals surface area contributed by atoms with Crippen molar-refractivity contribution < 1.29 is 4.74 Å². The van der Waals surface area contributed by atoms with Crippen LogP contribution in [0.4, 0.5) is 68.2 Å². The summed E-state index contributed by atoms with van der Waals surface area (Å²) in [4.78, 5) is 12.5. The molecule has 466 valence electrons. The van der Waals surface area contributed by atoms with Gasteiger partial charge in [-0.1, -0.05) is 242 Å². The molecule has 0 spiro atoms. The van der Waals surface area contributed by atoms with Crippen molar-refractivity contribution in [2.24, 2.45) is 0 Å². The number of fused-ring (bicyclic) bond motifs is 8. The van der Waals surface area contributed by atoms with Gasteiger partial charge in [0.05, 0.1) is 11.4 Å². The molecule has 8 heteroatoms. The monoisotopic (exact) mass is 1240 g/mol. The van der Waals surface area contributed by atoms with Crippen molar-refractivity contribution in [3.8, 4) is 11.5 Å². The second-order valence-corrected chi connectivity index (χ2v) is 32.6. The molecule has 11 aromatic rings. The second kappa shape index (κ2) is 22.3. The third kappa shape index (κ3) is 10.6. The Kier molecular flexibility index (Phi) is 14.5. The molecule has 4 heterocycles. The number of ether oxygens (including phenoxy) is 1. The van der Waals surface area contributed by atoms with Gasteiger partial charge in [-0.2, -0.15) is 0 Å². The Bertz CT molecular complexity index is 4620. The maximum absolute atomic E-state index is 7.24. The van der Waals surface area contributed by atoms with E-state index in [9.17, 15) is 0 Å². The van der Waals surface area contributed by atoms with Crippen LogP contribution in [0.25, 0.3) is 0 Å². The molecule has 0 amide bonds. The Morgan fingerprint density at radius 3 is 1.16 bits per heavy atom. The fourth-order valence-electron chi connectivity index (χ4n) is 14.7. The van der Waals surface area contributed by atoms with Gasteiger partial charge < -0.3 is 24.3 Å². The van der Waals surface area contributed by atoms with Crippen LogP contribution < -0.4 is 57.1 Å². The summed E-state index contributed by atoms with van der Waals surface area (Å²) in [6.07, 6.45) is 0. The highest BCUT2D eigenvalue weighted by molar-refractivity contribution is 8.00. The summed E-state index contributed by atoms with van der Waals surface area (Å²) in [6, 6.07) is 90.3. The lowest BCUT2D eigenvalue weighted by molar-refractivity contribution is 0.486. The predicted molar refractivity (Wildman–Crippen MR) is 405 cm³/mol. The van der Waals surface area contributed by atoms with E-state index in [0.29, 0.717) is 0 Å². The van der Waals surface area contributed by atoms with Crippen molar-refractivity contribution in [2.75, 3.05) is 19.6 Å². The summed E-state index contributed by atoms with van der Waals surface area (Å²) in [6.45, 7) is 34.2. The predicted octanol–water partition coefficient (Wildman–Crippen LogP) is 20.3. The fraction of sp³-hybridized carbons (Fsp3) is 0.233. The van der Waals surface area contributed by atoms with Crippen LogP contribution in [0.15, 0.2) is 246 Å². The van der Waals surface area contributed by atoms with Crippen LogP contribution in [0.1, 0.15) is 132 Å². The van der Waals surface area contributed by atoms with Gasteiger partial charge in [-0.3, -0.25) is 0 Å². The van der Waals surface area contributed by atoms with Crippen LogP contribution in [0.3, 0.4) is 0 Å². The third-order valence-corrected chi connectivity index (χ3v) is 21.1. The van der Waals surface area contributed by atoms with Gasteiger partial charge in [0.25, 0.3) is 13.4 Å². The molecule has 0 unspecified atom stereocenters. The van der Waals surface area contributed by atoms with Crippen LogP contribution in [-0.4, -0.2) is 13.4 Å². The molecule has 5 nitrogen and oxygen atoms in total. The van der Waals surface area contributed by atoms with E-state index in [2.05, 4.69) is 360 Å². The van der Waals surface area contributed by atoms with Crippen molar-refractivity contribution in [2.45, 2.75) is 141 Å². The topological polar surface area (TPSA) is 22.2 Å². The fourth-order valence-corrected chi connectivity index (χ4v) is 15.9. The van der Waals surface area contributed by atoms with Crippen LogP contribution in [0, 0.1) is 0 Å². The molecule has 15 rings (SSSR count). The lowest BCUT2D eigenvalue weighted by atomic mass is 9.31. The summed E-state index contributed by atoms with van der Waals surface area (Å²) in [5.74, 6) is 1.78. The van der Waals surface area contributed by atoms with Gasteiger partial charge in [0.15, 0.2) is 0 Å². The largest absolute Gasteiger partial charge is 0.458 e. The molecule has 4 aliphatic rings. The summed E-state index contributed by atoms with van der Waals surface area (Å²) in [5.41, 5.74) is 27.3. The average molecular weight is 1240 g/mol. The zero-order valence-electron chi connectivity index (χ0n) is 57.3. The molecule has 0 bridgehead atoms. The van der Waals surface area contributed by atoms with Crippen LogP contribution in [-0.2, 0) is 27.1 Å². The van der Waals surface area contributed by atoms with E-state index in [4.69, 9.17) is 4.74 Å². The quantitative estimate of drug-likeness (QED) is 0.140. The number of hydrogen-bond acceptors (Lipinski definition) is 6. The zero-order valence-corrected chi connectivity index (χ0v) is 58.1. The molecule has 0 radical (unpaired) electrons. The minimum absolute atomic E-state index is 0.00631.